The van der Waals surface area contributed by atoms with E-state index in [0.29, 0.717) is 16.1 Å². The van der Waals surface area contributed by atoms with Crippen LogP contribution in [0.3, 0.4) is 0 Å². The molecule has 5 nitrogen and oxygen atoms in total. The van der Waals surface area contributed by atoms with E-state index >= 15 is 0 Å². The Morgan fingerprint density at radius 3 is 2.91 bits per heavy atom. The highest BCUT2D eigenvalue weighted by atomic mass is 35.5. The summed E-state index contributed by atoms with van der Waals surface area (Å²) >= 11 is 10.7. The Morgan fingerprint density at radius 1 is 1.32 bits per heavy atom. The van der Waals surface area contributed by atoms with Crippen LogP contribution in [-0.4, -0.2) is 24.4 Å². The molecule has 0 amide bonds. The predicted molar refractivity (Wildman–Crippen MR) is 89.9 cm³/mol. The molecule has 1 fully saturated rings. The van der Waals surface area contributed by atoms with Crippen LogP contribution in [0.5, 0.6) is 0 Å². The first kappa shape index (κ1) is 14.6. The lowest BCUT2D eigenvalue weighted by Crippen LogP contribution is -2.03. The Labute approximate surface area is 144 Å². The topological polar surface area (TPSA) is 56.5 Å². The molecule has 0 spiro atoms. The molecule has 3 aromatic rings. The van der Waals surface area contributed by atoms with Crippen molar-refractivity contribution in [2.24, 2.45) is 0 Å². The van der Waals surface area contributed by atoms with Gasteiger partial charge in [0.25, 0.3) is 0 Å². The van der Waals surface area contributed by atoms with Gasteiger partial charge in [-0.3, -0.25) is 0 Å². The van der Waals surface area contributed by atoms with Gasteiger partial charge in [0.05, 0.1) is 0 Å². The van der Waals surface area contributed by atoms with Crippen molar-refractivity contribution in [3.05, 3.63) is 38.2 Å². The van der Waals surface area contributed by atoms with Crippen molar-refractivity contribution in [3.63, 3.8) is 0 Å². The molecule has 0 unspecified atom stereocenters. The van der Waals surface area contributed by atoms with Crippen LogP contribution >= 0.6 is 46.2 Å². The number of halogens is 1. The zero-order valence-electron chi connectivity index (χ0n) is 11.5. The van der Waals surface area contributed by atoms with Gasteiger partial charge < -0.3 is 4.57 Å². The fraction of sp³-hybridized carbons (Fsp3) is 0.385. The zero-order chi connectivity index (χ0) is 14.9. The summed E-state index contributed by atoms with van der Waals surface area (Å²) in [6.07, 6.45) is 3.27. The maximum absolute atomic E-state index is 6.06. The summed E-state index contributed by atoms with van der Waals surface area (Å²) in [5.74, 6) is 1.73. The Morgan fingerprint density at radius 2 is 2.23 bits per heavy atom. The molecular weight excluding hydrogens is 358 g/mol. The van der Waals surface area contributed by atoms with Gasteiger partial charge in [-0.05, 0) is 24.3 Å². The van der Waals surface area contributed by atoms with E-state index in [9.17, 15) is 0 Å². The number of hydrogen-bond acceptors (Lipinski definition) is 7. The van der Waals surface area contributed by atoms with Gasteiger partial charge in [-0.25, -0.2) is 0 Å². The summed E-state index contributed by atoms with van der Waals surface area (Å²) in [6, 6.07) is 4.77. The number of thioether (sulfide) groups is 1. The Bertz CT molecular complexity index is 763. The molecule has 114 valence electrons. The first-order valence-corrected chi connectivity index (χ1v) is 9.88. The molecule has 1 aliphatic carbocycles. The van der Waals surface area contributed by atoms with Gasteiger partial charge >= 0.3 is 0 Å². The van der Waals surface area contributed by atoms with Crippen molar-refractivity contribution in [1.82, 2.24) is 24.4 Å². The second kappa shape index (κ2) is 6.27. The molecule has 0 saturated heterocycles. The minimum Gasteiger partial charge on any atom is -0.303 e. The summed E-state index contributed by atoms with van der Waals surface area (Å²) in [5, 5.41) is 15.9. The lowest BCUT2D eigenvalue weighted by molar-refractivity contribution is 0.635. The van der Waals surface area contributed by atoms with E-state index in [0.717, 1.165) is 23.1 Å². The van der Waals surface area contributed by atoms with Crippen molar-refractivity contribution in [3.8, 4) is 0 Å². The molecule has 1 aliphatic rings. The van der Waals surface area contributed by atoms with E-state index in [-0.39, 0.29) is 0 Å². The molecule has 0 N–H and O–H groups in total. The summed E-state index contributed by atoms with van der Waals surface area (Å²) in [7, 11) is 0. The highest BCUT2D eigenvalue weighted by Gasteiger charge is 2.29. The minimum atomic E-state index is 0.552. The second-order valence-electron chi connectivity index (χ2n) is 5.04. The quantitative estimate of drug-likeness (QED) is 0.613. The van der Waals surface area contributed by atoms with Crippen LogP contribution in [0.15, 0.2) is 22.7 Å². The van der Waals surface area contributed by atoms with Crippen LogP contribution in [-0.2, 0) is 12.2 Å². The molecule has 22 heavy (non-hydrogen) atoms. The third kappa shape index (κ3) is 3.05. The van der Waals surface area contributed by atoms with E-state index in [1.54, 1.807) is 23.1 Å². The molecule has 9 heteroatoms. The Hall–Kier alpha value is -0.960. The standard InChI is InChI=1S/C13H12ClN5S3/c14-12-10(15-18-22-12)7-21-13-17-16-11(19(13)8-3-4-8)6-9-2-1-5-20-9/h1-2,5,8H,3-4,6-7H2. The third-order valence-corrected chi connectivity index (χ3v) is 6.22. The molecule has 0 bridgehead atoms. The maximum Gasteiger partial charge on any atom is 0.191 e. The number of rotatable bonds is 6. The summed E-state index contributed by atoms with van der Waals surface area (Å²) < 4.78 is 6.81. The van der Waals surface area contributed by atoms with Gasteiger partial charge in [-0.2, -0.15) is 0 Å². The highest BCUT2D eigenvalue weighted by molar-refractivity contribution is 7.98. The minimum absolute atomic E-state index is 0.552. The van der Waals surface area contributed by atoms with Crippen LogP contribution in [0, 0.1) is 0 Å². The van der Waals surface area contributed by atoms with Crippen molar-refractivity contribution < 1.29 is 0 Å². The van der Waals surface area contributed by atoms with Gasteiger partial charge in [0.2, 0.25) is 0 Å². The van der Waals surface area contributed by atoms with Gasteiger partial charge in [0.1, 0.15) is 15.9 Å². The number of hydrogen-bond donors (Lipinski definition) is 0. The second-order valence-corrected chi connectivity index (χ2v) is 8.37. The zero-order valence-corrected chi connectivity index (χ0v) is 14.7. The Kier molecular flexibility index (Phi) is 4.17. The largest absolute Gasteiger partial charge is 0.303 e. The van der Waals surface area contributed by atoms with Gasteiger partial charge in [0, 0.05) is 34.6 Å². The van der Waals surface area contributed by atoms with Crippen LogP contribution < -0.4 is 0 Å². The van der Waals surface area contributed by atoms with Crippen molar-refractivity contribution in [1.29, 1.82) is 0 Å². The third-order valence-electron chi connectivity index (χ3n) is 3.41. The van der Waals surface area contributed by atoms with Crippen LogP contribution in [0.2, 0.25) is 4.34 Å². The predicted octanol–water partition coefficient (Wildman–Crippen LogP) is 4.06. The fourth-order valence-corrected chi connectivity index (χ4v) is 4.67. The monoisotopic (exact) mass is 369 g/mol. The lowest BCUT2D eigenvalue weighted by atomic mass is 10.3. The van der Waals surface area contributed by atoms with E-state index < -0.39 is 0 Å². The SMILES string of the molecule is Clc1snnc1CSc1nnc(Cc2cccs2)n1C1CC1. The maximum atomic E-state index is 6.06. The van der Waals surface area contributed by atoms with Crippen molar-refractivity contribution in [2.75, 3.05) is 0 Å². The Balaban J connectivity index is 1.54. The first-order chi connectivity index (χ1) is 10.8. The fourth-order valence-electron chi connectivity index (χ4n) is 2.21. The molecular formula is C13H12ClN5S3. The van der Waals surface area contributed by atoms with Crippen LogP contribution in [0.1, 0.15) is 35.3 Å². The lowest BCUT2D eigenvalue weighted by Gasteiger charge is -2.07. The van der Waals surface area contributed by atoms with Crippen LogP contribution in [0.25, 0.3) is 0 Å². The van der Waals surface area contributed by atoms with E-state index in [2.05, 4.69) is 41.9 Å². The van der Waals surface area contributed by atoms with E-state index in [1.165, 1.54) is 29.3 Å². The van der Waals surface area contributed by atoms with Crippen LogP contribution in [0.4, 0.5) is 0 Å². The smallest absolute Gasteiger partial charge is 0.191 e. The molecule has 0 atom stereocenters. The van der Waals surface area contributed by atoms with Crippen molar-refractivity contribution in [2.45, 2.75) is 36.2 Å². The molecule has 4 rings (SSSR count). The number of nitrogens with zero attached hydrogens (tertiary/aromatic N) is 5. The summed E-state index contributed by atoms with van der Waals surface area (Å²) in [5.41, 5.74) is 0.821. The van der Waals surface area contributed by atoms with Gasteiger partial charge in [0.15, 0.2) is 5.16 Å². The molecule has 0 radical (unpaired) electrons. The molecule has 0 aromatic carbocycles. The average molecular weight is 370 g/mol. The van der Waals surface area contributed by atoms with E-state index in [1.807, 2.05) is 0 Å². The molecule has 1 saturated carbocycles. The number of thiophene rings is 1. The molecule has 0 aliphatic heterocycles. The first-order valence-electron chi connectivity index (χ1n) is 6.87. The van der Waals surface area contributed by atoms with E-state index in [4.69, 9.17) is 11.6 Å². The van der Waals surface area contributed by atoms with Crippen molar-refractivity contribution >= 4 is 46.2 Å². The number of aromatic nitrogens is 5. The van der Waals surface area contributed by atoms with Gasteiger partial charge in [-0.15, -0.1) is 26.6 Å². The highest BCUT2D eigenvalue weighted by Crippen LogP contribution is 2.40. The summed E-state index contributed by atoms with van der Waals surface area (Å²) in [4.78, 5) is 1.32. The average Bonchev–Trinajstić information content (AvgIpc) is 2.90. The molecule has 3 heterocycles. The summed E-state index contributed by atoms with van der Waals surface area (Å²) in [6.45, 7) is 0. The normalized spacial score (nSPS) is 14.6. The van der Waals surface area contributed by atoms with Gasteiger partial charge in [-0.1, -0.05) is 33.9 Å². The molecule has 3 aromatic heterocycles.